The third-order valence-corrected chi connectivity index (χ3v) is 22.2. The van der Waals surface area contributed by atoms with Crippen molar-refractivity contribution in [3.8, 4) is 0 Å². The Balaban J connectivity index is 4.36. The van der Waals surface area contributed by atoms with Crippen LogP contribution in [0.3, 0.4) is 0 Å². The predicted octanol–water partition coefficient (Wildman–Crippen LogP) is 35.7. The van der Waals surface area contributed by atoms with E-state index in [1.165, 1.54) is 163 Å². The highest BCUT2D eigenvalue weighted by molar-refractivity contribution is 7.46. The van der Waals surface area contributed by atoms with Gasteiger partial charge in [-0.1, -0.05) is 240 Å². The standard InChI is InChI=1S/C105H173O4P/c1-85(2)43-23-44-86(3)45-24-46-87(4)47-25-48-88(5)49-26-50-89(6)51-27-52-90(7)53-28-54-91(8)55-29-56-92(9)57-30-58-93(10)59-31-60-94(11)61-32-62-95(12)63-33-64-96(13)65-34-66-97(14)67-35-68-98(15)69-36-70-99(16)71-37-72-100(17)73-38-74-101(18)75-39-76-102(19)77-40-78-103(20)79-41-80-104(21)81-42-82-105(22)83-84-109-110(106,107)108/h43,45,47,49,51,53,55,57,59,61,63,65,67,69,71,73,75,77,79,81,105H,23-42,44,46,48,50,52,54,56,58,60,62,64,66,68,70,72,74,76,78,80,82-84H2,1-22H3,(H2,106,107,108)/b86-45+,87-47+,88-49-,89-51-,90-53-,91-55-,92-57-,93-59-,94-61-,95-63-,96-65-,97-67-,98-69-,99-71-,100-73-,101-75-,102-77-,103-79-,104-81-. The molecular formula is C105H173O4P. The zero-order valence-corrected chi connectivity index (χ0v) is 76.9. The summed E-state index contributed by atoms with van der Waals surface area (Å²) in [6.07, 6.45) is 95.3. The maximum absolute atomic E-state index is 10.9. The smallest absolute Gasteiger partial charge is 0.303 e. The summed E-state index contributed by atoms with van der Waals surface area (Å²) in [6.45, 7) is 50.3. The van der Waals surface area contributed by atoms with E-state index in [9.17, 15) is 4.57 Å². The number of rotatable bonds is 64. The fourth-order valence-electron chi connectivity index (χ4n) is 13.5. The topological polar surface area (TPSA) is 66.8 Å². The van der Waals surface area contributed by atoms with E-state index in [0.717, 1.165) is 205 Å². The predicted molar refractivity (Wildman–Crippen MR) is 497 cm³/mol. The molecule has 0 fully saturated rings. The molecule has 0 aromatic rings. The van der Waals surface area contributed by atoms with Gasteiger partial charge in [-0.15, -0.1) is 0 Å². The summed E-state index contributed by atoms with van der Waals surface area (Å²) < 4.78 is 15.5. The van der Waals surface area contributed by atoms with Gasteiger partial charge in [-0.3, -0.25) is 4.52 Å². The highest BCUT2D eigenvalue weighted by atomic mass is 31.2. The second kappa shape index (κ2) is 68.3. The second-order valence-corrected chi connectivity index (χ2v) is 35.5. The highest BCUT2D eigenvalue weighted by Crippen LogP contribution is 2.36. The minimum atomic E-state index is -4.36. The van der Waals surface area contributed by atoms with Gasteiger partial charge in [0.05, 0.1) is 6.61 Å². The Hall–Kier alpha value is -5.09. The van der Waals surface area contributed by atoms with Crippen LogP contribution < -0.4 is 0 Å². The molecule has 0 amide bonds. The Kier molecular flexibility index (Phi) is 65.2. The minimum Gasteiger partial charge on any atom is -0.303 e. The first-order valence-electron chi connectivity index (χ1n) is 44.1. The summed E-state index contributed by atoms with van der Waals surface area (Å²) in [4.78, 5) is 17.7. The molecule has 0 aromatic heterocycles. The quantitative estimate of drug-likeness (QED) is 0.0470. The van der Waals surface area contributed by atoms with E-state index < -0.39 is 7.82 Å². The molecule has 0 aliphatic carbocycles. The molecule has 2 N–H and O–H groups in total. The van der Waals surface area contributed by atoms with Crippen LogP contribution >= 0.6 is 7.82 Å². The van der Waals surface area contributed by atoms with Gasteiger partial charge in [0.25, 0.3) is 0 Å². The van der Waals surface area contributed by atoms with Crippen molar-refractivity contribution >= 4 is 7.82 Å². The van der Waals surface area contributed by atoms with Gasteiger partial charge >= 0.3 is 7.82 Å². The maximum atomic E-state index is 10.9. The van der Waals surface area contributed by atoms with Crippen LogP contribution in [0.25, 0.3) is 0 Å². The van der Waals surface area contributed by atoms with Gasteiger partial charge in [0.1, 0.15) is 0 Å². The van der Waals surface area contributed by atoms with E-state index in [0.29, 0.717) is 12.3 Å². The zero-order valence-electron chi connectivity index (χ0n) is 76.0. The number of hydrogen-bond acceptors (Lipinski definition) is 2. The molecule has 622 valence electrons. The van der Waals surface area contributed by atoms with E-state index in [1.54, 1.807) is 0 Å². The summed E-state index contributed by atoms with van der Waals surface area (Å²) in [6, 6.07) is 0. The summed E-state index contributed by atoms with van der Waals surface area (Å²) in [5.41, 5.74) is 30.2. The third-order valence-electron chi connectivity index (χ3n) is 21.7. The molecule has 0 bridgehead atoms. The molecule has 0 aliphatic heterocycles. The van der Waals surface area contributed by atoms with Gasteiger partial charge in [-0.25, -0.2) is 4.57 Å². The third kappa shape index (κ3) is 71.9. The lowest BCUT2D eigenvalue weighted by atomic mass is 10.0. The summed E-state index contributed by atoms with van der Waals surface area (Å²) in [5, 5.41) is 0. The number of phosphoric ester groups is 1. The first-order chi connectivity index (χ1) is 52.3. The minimum absolute atomic E-state index is 0.104. The Labute approximate surface area is 683 Å². The molecule has 0 heterocycles. The van der Waals surface area contributed by atoms with Gasteiger partial charge in [0, 0.05) is 0 Å². The Morgan fingerprint density at radius 3 is 0.445 bits per heavy atom. The summed E-state index contributed by atoms with van der Waals surface area (Å²) >= 11 is 0. The zero-order chi connectivity index (χ0) is 82.2. The van der Waals surface area contributed by atoms with Gasteiger partial charge < -0.3 is 9.79 Å². The second-order valence-electron chi connectivity index (χ2n) is 34.3. The fraction of sp³-hybridized carbons (Fsp3) is 0.619. The largest absolute Gasteiger partial charge is 0.469 e. The number of phosphoric acid groups is 1. The molecule has 4 nitrogen and oxygen atoms in total. The van der Waals surface area contributed by atoms with E-state index in [1.807, 2.05) is 0 Å². The lowest BCUT2D eigenvalue weighted by Gasteiger charge is -2.11. The van der Waals surface area contributed by atoms with Crippen LogP contribution in [0, 0.1) is 5.92 Å². The SMILES string of the molecule is CC(C)=CCC/C(C)=C/CC/C(C)=C/CC/C(C)=C\CC/C(C)=C\CC/C(C)=C\CC/C(C)=C\CC/C(C)=C\CC/C(C)=C\CC/C(C)=C\CC/C(C)=C\CC/C(C)=C\CC/C(C)=C\CC/C(C)=C\CC/C(C)=C\CC/C(C)=C\CC/C(C)=C\CC/C(C)=C\CC/C(C)=C\CC/C(C)=C\CCC(C)CCOP(=O)(O)O. The van der Waals surface area contributed by atoms with Gasteiger partial charge in [-0.05, 0) is 415 Å². The van der Waals surface area contributed by atoms with Crippen molar-refractivity contribution in [3.63, 3.8) is 0 Å². The maximum Gasteiger partial charge on any atom is 0.469 e. The van der Waals surface area contributed by atoms with E-state index in [4.69, 9.17) is 9.79 Å². The van der Waals surface area contributed by atoms with Crippen molar-refractivity contribution in [2.24, 2.45) is 5.92 Å². The lowest BCUT2D eigenvalue weighted by Crippen LogP contribution is -2.00. The van der Waals surface area contributed by atoms with Gasteiger partial charge in [-0.2, -0.15) is 0 Å². The molecule has 0 radical (unpaired) electrons. The number of hydrogen-bond donors (Lipinski definition) is 2. The first kappa shape index (κ1) is 105. The normalized spacial score (nSPS) is 15.5. The Bertz CT molecular complexity index is 3250. The molecule has 1 atom stereocenters. The van der Waals surface area contributed by atoms with Crippen molar-refractivity contribution in [2.45, 2.75) is 416 Å². The van der Waals surface area contributed by atoms with Crippen LogP contribution in [0.2, 0.25) is 0 Å². The average molecular weight is 1530 g/mol. The molecule has 0 aliphatic rings. The van der Waals surface area contributed by atoms with Crippen LogP contribution in [-0.2, 0) is 9.09 Å². The van der Waals surface area contributed by atoms with Crippen molar-refractivity contribution < 1.29 is 18.9 Å². The van der Waals surface area contributed by atoms with Crippen LogP contribution in [0.1, 0.15) is 416 Å². The molecule has 0 rings (SSSR count). The first-order valence-corrected chi connectivity index (χ1v) is 45.6. The Morgan fingerprint density at radius 2 is 0.327 bits per heavy atom. The van der Waals surface area contributed by atoms with E-state index in [-0.39, 0.29) is 6.61 Å². The Morgan fingerprint density at radius 1 is 0.209 bits per heavy atom. The summed E-state index contributed by atoms with van der Waals surface area (Å²) in [5.74, 6) is 0.371. The van der Waals surface area contributed by atoms with E-state index in [2.05, 4.69) is 278 Å². The molecule has 5 heteroatoms. The monoisotopic (exact) mass is 1530 g/mol. The summed E-state index contributed by atoms with van der Waals surface area (Å²) in [7, 11) is -4.36. The van der Waals surface area contributed by atoms with Crippen LogP contribution in [0.4, 0.5) is 0 Å². The molecule has 110 heavy (non-hydrogen) atoms. The van der Waals surface area contributed by atoms with Gasteiger partial charge in [0.15, 0.2) is 0 Å². The molecular weight excluding hydrogens is 1360 g/mol. The van der Waals surface area contributed by atoms with Crippen molar-refractivity contribution in [2.75, 3.05) is 6.61 Å². The highest BCUT2D eigenvalue weighted by Gasteiger charge is 2.14. The molecule has 0 saturated carbocycles. The van der Waals surface area contributed by atoms with Crippen LogP contribution in [-0.4, -0.2) is 16.4 Å². The fourth-order valence-corrected chi connectivity index (χ4v) is 13.8. The molecule has 0 saturated heterocycles. The van der Waals surface area contributed by atoms with Crippen molar-refractivity contribution in [1.82, 2.24) is 0 Å². The van der Waals surface area contributed by atoms with E-state index >= 15 is 0 Å². The van der Waals surface area contributed by atoms with Crippen molar-refractivity contribution in [1.29, 1.82) is 0 Å². The van der Waals surface area contributed by atoms with Crippen molar-refractivity contribution in [3.05, 3.63) is 233 Å². The number of allylic oxidation sites excluding steroid dienone is 40. The molecule has 1 unspecified atom stereocenters. The average Bonchev–Trinajstić information content (AvgIpc) is 0.999. The van der Waals surface area contributed by atoms with Crippen LogP contribution in [0.15, 0.2) is 233 Å². The lowest BCUT2D eigenvalue weighted by molar-refractivity contribution is 0.185. The molecule has 0 spiro atoms. The van der Waals surface area contributed by atoms with Crippen LogP contribution in [0.5, 0.6) is 0 Å². The molecule has 0 aromatic carbocycles. The van der Waals surface area contributed by atoms with Gasteiger partial charge in [0.2, 0.25) is 0 Å².